The lowest BCUT2D eigenvalue weighted by molar-refractivity contribution is -0.138. The Morgan fingerprint density at radius 2 is 2.00 bits per heavy atom. The Balaban J connectivity index is 2.40. The summed E-state index contributed by atoms with van der Waals surface area (Å²) in [5.41, 5.74) is 0.465. The molecule has 2 rings (SSSR count). The molecule has 0 aliphatic carbocycles. The van der Waals surface area contributed by atoms with Crippen LogP contribution in [0.3, 0.4) is 0 Å². The van der Waals surface area contributed by atoms with Crippen molar-refractivity contribution in [3.05, 3.63) is 63.3 Å². The molecule has 0 saturated carbocycles. The molecule has 6 heteroatoms. The van der Waals surface area contributed by atoms with E-state index >= 15 is 0 Å². The average Bonchev–Trinajstić information content (AvgIpc) is 2.37. The quantitative estimate of drug-likeness (QED) is 0.847. The first-order valence-electron chi connectivity index (χ1n) is 5.68. The molecule has 2 N–H and O–H groups in total. The lowest BCUT2D eigenvalue weighted by Gasteiger charge is -2.18. The summed E-state index contributed by atoms with van der Waals surface area (Å²) < 4.78 is 14.6. The molecular weight excluding hydrogens is 349 g/mol. The van der Waals surface area contributed by atoms with E-state index in [-0.39, 0.29) is 10.6 Å². The number of benzene rings is 2. The highest BCUT2D eigenvalue weighted by atomic mass is 79.9. The number of anilines is 1. The standard InChI is InChI=1S/C14H10BrClFNO2/c15-8-3-1-4-9(7-8)18-13(14(19)20)12-10(16)5-2-6-11(12)17/h1-7,13,18H,(H,19,20). The minimum Gasteiger partial charge on any atom is -0.479 e. The van der Waals surface area contributed by atoms with Crippen LogP contribution in [0.25, 0.3) is 0 Å². The number of rotatable bonds is 4. The molecule has 0 bridgehead atoms. The first-order chi connectivity index (χ1) is 9.49. The van der Waals surface area contributed by atoms with E-state index in [1.165, 1.54) is 18.2 Å². The maximum absolute atomic E-state index is 13.8. The van der Waals surface area contributed by atoms with Crippen molar-refractivity contribution in [3.8, 4) is 0 Å². The molecule has 2 aromatic rings. The van der Waals surface area contributed by atoms with E-state index in [1.54, 1.807) is 24.3 Å². The van der Waals surface area contributed by atoms with Crippen molar-refractivity contribution in [3.63, 3.8) is 0 Å². The molecule has 1 unspecified atom stereocenters. The molecular formula is C14H10BrClFNO2. The molecule has 0 aliphatic rings. The van der Waals surface area contributed by atoms with Crippen LogP contribution in [-0.2, 0) is 4.79 Å². The smallest absolute Gasteiger partial charge is 0.330 e. The molecule has 0 heterocycles. The summed E-state index contributed by atoms with van der Waals surface area (Å²) in [6.45, 7) is 0. The lowest BCUT2D eigenvalue weighted by atomic mass is 10.1. The van der Waals surface area contributed by atoms with Gasteiger partial charge in [0.15, 0.2) is 6.04 Å². The summed E-state index contributed by atoms with van der Waals surface area (Å²) in [5.74, 6) is -1.87. The second kappa shape index (κ2) is 6.24. The molecule has 0 spiro atoms. The molecule has 0 saturated heterocycles. The zero-order valence-electron chi connectivity index (χ0n) is 10.1. The van der Waals surface area contributed by atoms with E-state index in [2.05, 4.69) is 21.2 Å². The van der Waals surface area contributed by atoms with Crippen LogP contribution in [0.2, 0.25) is 5.02 Å². The zero-order chi connectivity index (χ0) is 14.7. The van der Waals surface area contributed by atoms with Crippen LogP contribution >= 0.6 is 27.5 Å². The number of hydrogen-bond donors (Lipinski definition) is 2. The van der Waals surface area contributed by atoms with Gasteiger partial charge in [0.25, 0.3) is 0 Å². The van der Waals surface area contributed by atoms with Crippen LogP contribution in [0.4, 0.5) is 10.1 Å². The largest absolute Gasteiger partial charge is 0.479 e. The molecule has 0 radical (unpaired) electrons. The van der Waals surface area contributed by atoms with Crippen LogP contribution in [0, 0.1) is 5.82 Å². The molecule has 104 valence electrons. The Morgan fingerprint density at radius 1 is 1.30 bits per heavy atom. The van der Waals surface area contributed by atoms with Crippen molar-refractivity contribution in [2.24, 2.45) is 0 Å². The van der Waals surface area contributed by atoms with Gasteiger partial charge in [-0.3, -0.25) is 0 Å². The normalized spacial score (nSPS) is 11.9. The molecule has 0 aliphatic heterocycles. The summed E-state index contributed by atoms with van der Waals surface area (Å²) in [6, 6.07) is 9.74. The Morgan fingerprint density at radius 3 is 2.60 bits per heavy atom. The number of carboxylic acids is 1. The zero-order valence-corrected chi connectivity index (χ0v) is 12.5. The minimum absolute atomic E-state index is 0.0693. The van der Waals surface area contributed by atoms with Crippen molar-refractivity contribution in [1.82, 2.24) is 0 Å². The molecule has 2 aromatic carbocycles. The van der Waals surface area contributed by atoms with E-state index < -0.39 is 17.8 Å². The summed E-state index contributed by atoms with van der Waals surface area (Å²) in [7, 11) is 0. The fourth-order valence-corrected chi connectivity index (χ4v) is 2.46. The van der Waals surface area contributed by atoms with Crippen molar-refractivity contribution in [2.75, 3.05) is 5.32 Å². The Hall–Kier alpha value is -1.59. The van der Waals surface area contributed by atoms with Gasteiger partial charge in [-0.15, -0.1) is 0 Å². The number of carbonyl (C=O) groups is 1. The van der Waals surface area contributed by atoms with E-state index in [9.17, 15) is 14.3 Å². The predicted octanol–water partition coefficient (Wildman–Crippen LogP) is 4.48. The molecule has 1 atom stereocenters. The number of halogens is 3. The van der Waals surface area contributed by atoms with E-state index in [0.717, 1.165) is 4.47 Å². The second-order valence-electron chi connectivity index (χ2n) is 4.06. The molecule has 0 amide bonds. The number of hydrogen-bond acceptors (Lipinski definition) is 2. The monoisotopic (exact) mass is 357 g/mol. The van der Waals surface area contributed by atoms with Gasteiger partial charge in [-0.25, -0.2) is 9.18 Å². The highest BCUT2D eigenvalue weighted by Gasteiger charge is 2.25. The fourth-order valence-electron chi connectivity index (χ4n) is 1.79. The van der Waals surface area contributed by atoms with E-state index in [4.69, 9.17) is 11.6 Å². The molecule has 20 heavy (non-hydrogen) atoms. The van der Waals surface area contributed by atoms with Gasteiger partial charge >= 0.3 is 5.97 Å². The van der Waals surface area contributed by atoms with Gasteiger partial charge in [0.05, 0.1) is 0 Å². The number of carboxylic acid groups (broad SMARTS) is 1. The lowest BCUT2D eigenvalue weighted by Crippen LogP contribution is -2.22. The summed E-state index contributed by atoms with van der Waals surface area (Å²) in [5, 5.41) is 12.1. The van der Waals surface area contributed by atoms with Crippen molar-refractivity contribution in [2.45, 2.75) is 6.04 Å². The first-order valence-corrected chi connectivity index (χ1v) is 6.85. The number of aliphatic carboxylic acids is 1. The maximum Gasteiger partial charge on any atom is 0.330 e. The topological polar surface area (TPSA) is 49.3 Å². The third-order valence-electron chi connectivity index (χ3n) is 2.67. The van der Waals surface area contributed by atoms with E-state index in [1.807, 2.05) is 0 Å². The highest BCUT2D eigenvalue weighted by Crippen LogP contribution is 2.29. The van der Waals surface area contributed by atoms with Gasteiger partial charge in [0.1, 0.15) is 5.82 Å². The highest BCUT2D eigenvalue weighted by molar-refractivity contribution is 9.10. The van der Waals surface area contributed by atoms with Gasteiger partial charge in [-0.2, -0.15) is 0 Å². The molecule has 0 aromatic heterocycles. The maximum atomic E-state index is 13.8. The van der Waals surface area contributed by atoms with Gasteiger partial charge < -0.3 is 10.4 Å². The van der Waals surface area contributed by atoms with Crippen LogP contribution in [0.15, 0.2) is 46.9 Å². The van der Waals surface area contributed by atoms with Gasteiger partial charge in [-0.1, -0.05) is 39.7 Å². The summed E-state index contributed by atoms with van der Waals surface area (Å²) >= 11 is 9.20. The second-order valence-corrected chi connectivity index (χ2v) is 5.38. The van der Waals surface area contributed by atoms with Crippen molar-refractivity contribution >= 4 is 39.2 Å². The van der Waals surface area contributed by atoms with Gasteiger partial charge in [-0.05, 0) is 30.3 Å². The Kier molecular flexibility index (Phi) is 4.62. The van der Waals surface area contributed by atoms with Gasteiger partial charge in [0, 0.05) is 20.7 Å². The molecule has 0 fully saturated rings. The van der Waals surface area contributed by atoms with Crippen LogP contribution < -0.4 is 5.32 Å². The van der Waals surface area contributed by atoms with Crippen molar-refractivity contribution < 1.29 is 14.3 Å². The fraction of sp³-hybridized carbons (Fsp3) is 0.0714. The van der Waals surface area contributed by atoms with Crippen LogP contribution in [0.5, 0.6) is 0 Å². The summed E-state index contributed by atoms with van der Waals surface area (Å²) in [4.78, 5) is 11.4. The molecule has 3 nitrogen and oxygen atoms in total. The first kappa shape index (κ1) is 14.8. The van der Waals surface area contributed by atoms with E-state index in [0.29, 0.717) is 5.69 Å². The van der Waals surface area contributed by atoms with Gasteiger partial charge in [0.2, 0.25) is 0 Å². The average molecular weight is 359 g/mol. The minimum atomic E-state index is -1.27. The van der Waals surface area contributed by atoms with Crippen molar-refractivity contribution in [1.29, 1.82) is 0 Å². The Labute approximate surface area is 128 Å². The Bertz CT molecular complexity index is 631. The summed E-state index contributed by atoms with van der Waals surface area (Å²) in [6.07, 6.45) is 0. The third kappa shape index (κ3) is 3.29. The predicted molar refractivity (Wildman–Crippen MR) is 79.6 cm³/mol. The van der Waals surface area contributed by atoms with Crippen LogP contribution in [0.1, 0.15) is 11.6 Å². The number of nitrogens with one attached hydrogen (secondary N) is 1. The SMILES string of the molecule is O=C(O)C(Nc1cccc(Br)c1)c1c(F)cccc1Cl. The third-order valence-corrected chi connectivity index (χ3v) is 3.49. The van der Waals surface area contributed by atoms with Crippen LogP contribution in [-0.4, -0.2) is 11.1 Å².